The Balaban J connectivity index is 1.35. The molecule has 0 unspecified atom stereocenters. The van der Waals surface area contributed by atoms with Gasteiger partial charge in [-0.2, -0.15) is 0 Å². The molecule has 44 heavy (non-hydrogen) atoms. The van der Waals surface area contributed by atoms with Crippen LogP contribution >= 0.6 is 0 Å². The number of fused-ring (bicyclic) bond motifs is 10. The molecular weight excluding hydrogens is 532 g/mol. The van der Waals surface area contributed by atoms with E-state index in [0.29, 0.717) is 0 Å². The van der Waals surface area contributed by atoms with Crippen LogP contribution in [0, 0.1) is 0 Å². The summed E-state index contributed by atoms with van der Waals surface area (Å²) in [7, 11) is 0. The fraction of sp³-hybridized carbons (Fsp3) is 0. The minimum atomic E-state index is 1.18. The number of para-hydroxylation sites is 3. The molecule has 0 aliphatic rings. The fourth-order valence-electron chi connectivity index (χ4n) is 8.27. The Morgan fingerprint density at radius 3 is 1.80 bits per heavy atom. The van der Waals surface area contributed by atoms with Gasteiger partial charge in [0.1, 0.15) is 0 Å². The molecule has 0 radical (unpaired) electrons. The Morgan fingerprint density at radius 2 is 0.955 bits per heavy atom. The average Bonchev–Trinajstić information content (AvgIpc) is 3.73. The first-order valence-corrected chi connectivity index (χ1v) is 15.3. The van der Waals surface area contributed by atoms with Crippen molar-refractivity contribution in [3.63, 3.8) is 0 Å². The molecule has 202 valence electrons. The second kappa shape index (κ2) is 7.94. The Morgan fingerprint density at radius 1 is 0.341 bits per heavy atom. The van der Waals surface area contributed by atoms with Gasteiger partial charge in [-0.05, 0) is 75.8 Å². The van der Waals surface area contributed by atoms with Gasteiger partial charge in [-0.15, -0.1) is 0 Å². The molecule has 0 aliphatic carbocycles. The smallest absolute Gasteiger partial charge is 0.0627 e. The standard InChI is InChI=1S/C42H24N2/c1-2-11-26(12-3-1)43-35-18-8-6-14-28(35)33-23-25(21-22-37(33)43)32-24-34-29-15-7-9-19-36(29)44-38-20-10-17-31-27-13-4-5-16-30(27)39(32)41(40(31)38)42(34)44/h1-24H. The Hall–Kier alpha value is -5.86. The maximum atomic E-state index is 2.51. The maximum Gasteiger partial charge on any atom is 0.0627 e. The van der Waals surface area contributed by atoms with Crippen molar-refractivity contribution in [2.45, 2.75) is 0 Å². The van der Waals surface area contributed by atoms with Gasteiger partial charge in [-0.1, -0.05) is 97.1 Å². The maximum absolute atomic E-state index is 2.51. The van der Waals surface area contributed by atoms with Crippen molar-refractivity contribution < 1.29 is 0 Å². The molecule has 0 aliphatic heterocycles. The molecule has 0 spiro atoms. The van der Waals surface area contributed by atoms with Crippen LogP contribution in [0.4, 0.5) is 0 Å². The molecule has 0 saturated heterocycles. The highest BCUT2D eigenvalue weighted by molar-refractivity contribution is 6.41. The predicted molar refractivity (Wildman–Crippen MR) is 187 cm³/mol. The fourth-order valence-corrected chi connectivity index (χ4v) is 8.27. The minimum Gasteiger partial charge on any atom is -0.309 e. The molecule has 3 aromatic heterocycles. The van der Waals surface area contributed by atoms with E-state index in [4.69, 9.17) is 0 Å². The van der Waals surface area contributed by atoms with Crippen molar-refractivity contribution in [1.82, 2.24) is 8.97 Å². The number of aromatic nitrogens is 2. The van der Waals surface area contributed by atoms with Crippen molar-refractivity contribution >= 4 is 81.4 Å². The molecule has 11 aromatic rings. The number of nitrogens with zero attached hydrogens (tertiary/aromatic N) is 2. The molecule has 8 aromatic carbocycles. The zero-order valence-corrected chi connectivity index (χ0v) is 23.8. The molecule has 0 amide bonds. The SMILES string of the molecule is c1ccc(-n2c3ccccc3c3cc(-c4cc5c6ccccc6n6c7cccc8c9ccccc9c4c(c87)c56)ccc32)cc1. The van der Waals surface area contributed by atoms with Crippen LogP contribution in [0.25, 0.3) is 98.3 Å². The summed E-state index contributed by atoms with van der Waals surface area (Å²) >= 11 is 0. The van der Waals surface area contributed by atoms with Gasteiger partial charge in [0.05, 0.1) is 27.6 Å². The van der Waals surface area contributed by atoms with E-state index in [2.05, 4.69) is 155 Å². The van der Waals surface area contributed by atoms with Crippen LogP contribution < -0.4 is 0 Å². The molecule has 0 atom stereocenters. The summed E-state index contributed by atoms with van der Waals surface area (Å²) in [6, 6.07) is 53.8. The summed E-state index contributed by atoms with van der Waals surface area (Å²) in [6.45, 7) is 0. The zero-order valence-electron chi connectivity index (χ0n) is 23.8. The van der Waals surface area contributed by atoms with Crippen molar-refractivity contribution in [3.8, 4) is 16.8 Å². The highest BCUT2D eigenvalue weighted by Gasteiger charge is 2.25. The third-order valence-corrected chi connectivity index (χ3v) is 9.98. The molecule has 0 saturated carbocycles. The summed E-state index contributed by atoms with van der Waals surface area (Å²) in [5.41, 5.74) is 10.1. The molecule has 0 fully saturated rings. The number of benzene rings is 8. The molecule has 2 nitrogen and oxygen atoms in total. The predicted octanol–water partition coefficient (Wildman–Crippen LogP) is 11.3. The first-order valence-electron chi connectivity index (χ1n) is 15.3. The third kappa shape index (κ3) is 2.63. The normalized spacial score (nSPS) is 12.5. The van der Waals surface area contributed by atoms with Gasteiger partial charge in [-0.25, -0.2) is 0 Å². The molecule has 3 heterocycles. The van der Waals surface area contributed by atoms with Gasteiger partial charge in [0.25, 0.3) is 0 Å². The van der Waals surface area contributed by atoms with Gasteiger partial charge < -0.3 is 8.97 Å². The van der Waals surface area contributed by atoms with Gasteiger partial charge in [0, 0.05) is 43.4 Å². The van der Waals surface area contributed by atoms with Crippen LogP contribution in [0.5, 0.6) is 0 Å². The zero-order chi connectivity index (χ0) is 28.5. The molecule has 2 heteroatoms. The summed E-state index contributed by atoms with van der Waals surface area (Å²) < 4.78 is 4.90. The summed E-state index contributed by atoms with van der Waals surface area (Å²) in [5.74, 6) is 0. The monoisotopic (exact) mass is 556 g/mol. The van der Waals surface area contributed by atoms with E-state index in [9.17, 15) is 0 Å². The Labute approximate surface area is 252 Å². The highest BCUT2D eigenvalue weighted by atomic mass is 15.0. The van der Waals surface area contributed by atoms with Crippen LogP contribution in [0.2, 0.25) is 0 Å². The lowest BCUT2D eigenvalue weighted by molar-refractivity contribution is 1.18. The lowest BCUT2D eigenvalue weighted by Crippen LogP contribution is -1.93. The molecule has 0 N–H and O–H groups in total. The van der Waals surface area contributed by atoms with E-state index >= 15 is 0 Å². The number of hydrogen-bond acceptors (Lipinski definition) is 0. The largest absolute Gasteiger partial charge is 0.309 e. The van der Waals surface area contributed by atoms with E-state index in [0.717, 1.165) is 0 Å². The van der Waals surface area contributed by atoms with Crippen molar-refractivity contribution in [3.05, 3.63) is 146 Å². The quantitative estimate of drug-likeness (QED) is 0.187. The van der Waals surface area contributed by atoms with E-state index in [1.807, 2.05) is 0 Å². The van der Waals surface area contributed by atoms with E-state index in [1.54, 1.807) is 0 Å². The van der Waals surface area contributed by atoms with Crippen LogP contribution in [-0.4, -0.2) is 8.97 Å². The second-order valence-corrected chi connectivity index (χ2v) is 12.1. The summed E-state index contributed by atoms with van der Waals surface area (Å²) in [6.07, 6.45) is 0. The van der Waals surface area contributed by atoms with Gasteiger partial charge in [-0.3, -0.25) is 0 Å². The van der Waals surface area contributed by atoms with Crippen LogP contribution in [0.3, 0.4) is 0 Å². The summed E-state index contributed by atoms with van der Waals surface area (Å²) in [5, 5.41) is 13.2. The van der Waals surface area contributed by atoms with Crippen molar-refractivity contribution in [1.29, 1.82) is 0 Å². The van der Waals surface area contributed by atoms with Crippen LogP contribution in [0.1, 0.15) is 0 Å². The third-order valence-electron chi connectivity index (χ3n) is 9.98. The number of hydrogen-bond donors (Lipinski definition) is 0. The molecular formula is C42H24N2. The second-order valence-electron chi connectivity index (χ2n) is 12.1. The Kier molecular flexibility index (Phi) is 4.10. The van der Waals surface area contributed by atoms with E-state index < -0.39 is 0 Å². The average molecular weight is 557 g/mol. The van der Waals surface area contributed by atoms with E-state index in [1.165, 1.54) is 98.3 Å². The van der Waals surface area contributed by atoms with Crippen molar-refractivity contribution in [2.75, 3.05) is 0 Å². The van der Waals surface area contributed by atoms with Gasteiger partial charge in [0.2, 0.25) is 0 Å². The Bertz CT molecular complexity index is 2920. The lowest BCUT2D eigenvalue weighted by atomic mass is 9.88. The minimum absolute atomic E-state index is 1.18. The van der Waals surface area contributed by atoms with Gasteiger partial charge >= 0.3 is 0 Å². The summed E-state index contributed by atoms with van der Waals surface area (Å²) in [4.78, 5) is 0. The van der Waals surface area contributed by atoms with Crippen molar-refractivity contribution in [2.24, 2.45) is 0 Å². The van der Waals surface area contributed by atoms with Crippen LogP contribution in [0.15, 0.2) is 146 Å². The topological polar surface area (TPSA) is 9.34 Å². The number of rotatable bonds is 2. The van der Waals surface area contributed by atoms with Crippen LogP contribution in [-0.2, 0) is 0 Å². The first-order chi connectivity index (χ1) is 21.9. The molecule has 0 bridgehead atoms. The molecule has 11 rings (SSSR count). The van der Waals surface area contributed by atoms with Gasteiger partial charge in [0.15, 0.2) is 0 Å². The highest BCUT2D eigenvalue weighted by Crippen LogP contribution is 2.50. The lowest BCUT2D eigenvalue weighted by Gasteiger charge is -2.14. The first kappa shape index (κ1) is 22.7. The van der Waals surface area contributed by atoms with E-state index in [-0.39, 0.29) is 0 Å².